The molecule has 26 heavy (non-hydrogen) atoms. The molecule has 11 heteroatoms. The second kappa shape index (κ2) is 7.96. The van der Waals surface area contributed by atoms with E-state index in [-0.39, 0.29) is 6.54 Å². The van der Waals surface area contributed by atoms with Crippen LogP contribution in [0.5, 0.6) is 5.75 Å². The molecule has 0 spiro atoms. The third-order valence-electron chi connectivity index (χ3n) is 3.60. The lowest BCUT2D eigenvalue weighted by atomic mass is 10.1. The van der Waals surface area contributed by atoms with Crippen molar-refractivity contribution in [2.45, 2.75) is 25.2 Å². The molecule has 0 aromatic heterocycles. The molecule has 1 heterocycles. The van der Waals surface area contributed by atoms with Gasteiger partial charge in [-0.2, -0.15) is 0 Å². The van der Waals surface area contributed by atoms with Gasteiger partial charge in [-0.15, -0.1) is 13.2 Å². The molecule has 0 bridgehead atoms. The minimum Gasteiger partial charge on any atom is -0.406 e. The Balaban J connectivity index is 1.93. The van der Waals surface area contributed by atoms with Crippen molar-refractivity contribution in [3.63, 3.8) is 0 Å². The van der Waals surface area contributed by atoms with Crippen molar-refractivity contribution in [3.05, 3.63) is 36.3 Å². The Morgan fingerprint density at radius 2 is 1.96 bits per heavy atom. The Kier molecular flexibility index (Phi) is 6.13. The van der Waals surface area contributed by atoms with E-state index in [0.29, 0.717) is 25.1 Å². The fourth-order valence-corrected chi connectivity index (χ4v) is 3.23. The summed E-state index contributed by atoms with van der Waals surface area (Å²) in [4.78, 5) is 13.7. The van der Waals surface area contributed by atoms with Crippen LogP contribution < -0.4 is 14.8 Å². The molecule has 2 amide bonds. The molecule has 1 saturated heterocycles. The Labute approximate surface area is 148 Å². The fourth-order valence-electron chi connectivity index (χ4n) is 2.48. The van der Waals surface area contributed by atoms with E-state index in [0.717, 1.165) is 17.5 Å². The van der Waals surface area contributed by atoms with Gasteiger partial charge >= 0.3 is 12.4 Å². The maximum absolute atomic E-state index is 12.3. The average Bonchev–Trinajstić information content (AvgIpc) is 2.55. The summed E-state index contributed by atoms with van der Waals surface area (Å²) in [6.45, 7) is 3.83. The van der Waals surface area contributed by atoms with E-state index in [4.69, 9.17) is 0 Å². The van der Waals surface area contributed by atoms with Gasteiger partial charge in [0.2, 0.25) is 10.0 Å². The first kappa shape index (κ1) is 20.0. The van der Waals surface area contributed by atoms with Crippen molar-refractivity contribution in [3.8, 4) is 5.75 Å². The van der Waals surface area contributed by atoms with Gasteiger partial charge in [-0.05, 0) is 37.1 Å². The maximum Gasteiger partial charge on any atom is 0.573 e. The number of nitrogens with one attached hydrogen (secondary N) is 2. The van der Waals surface area contributed by atoms with Gasteiger partial charge < -0.3 is 15.0 Å². The number of benzene rings is 1. The number of amides is 2. The highest BCUT2D eigenvalue weighted by molar-refractivity contribution is 7.92. The summed E-state index contributed by atoms with van der Waals surface area (Å²) in [7, 11) is -3.60. The highest BCUT2D eigenvalue weighted by atomic mass is 32.2. The molecule has 0 aliphatic carbocycles. The number of nitrogens with zero attached hydrogens (tertiary/aromatic N) is 1. The molecule has 1 aromatic rings. The SMILES string of the molecule is C=CS(=O)(=O)N[C@@H]1CCCN(C(=O)Nc2ccc(OC(F)(F)F)cc2)C1. The lowest BCUT2D eigenvalue weighted by molar-refractivity contribution is -0.274. The number of anilines is 1. The second-order valence-electron chi connectivity index (χ2n) is 5.62. The molecule has 1 aromatic carbocycles. The van der Waals surface area contributed by atoms with Crippen molar-refractivity contribution in [2.75, 3.05) is 18.4 Å². The van der Waals surface area contributed by atoms with Gasteiger partial charge in [0, 0.05) is 30.2 Å². The molecule has 144 valence electrons. The summed E-state index contributed by atoms with van der Waals surface area (Å²) < 4.78 is 65.6. The number of hydrogen-bond acceptors (Lipinski definition) is 4. The quantitative estimate of drug-likeness (QED) is 0.805. The third kappa shape index (κ3) is 6.23. The summed E-state index contributed by atoms with van der Waals surface area (Å²) in [6.07, 6.45) is -3.59. The Bertz CT molecular complexity index is 750. The number of halogens is 3. The zero-order chi connectivity index (χ0) is 19.4. The Hall–Kier alpha value is -2.27. The van der Waals surface area contributed by atoms with Crippen LogP contribution in [0.3, 0.4) is 0 Å². The predicted octanol–water partition coefficient (Wildman–Crippen LogP) is 2.64. The standard InChI is InChI=1S/C15H18F3N3O4S/c1-2-26(23,24)20-12-4-3-9-21(10-12)14(22)19-11-5-7-13(8-6-11)25-15(16,17)18/h2,5-8,12,20H,1,3-4,9-10H2,(H,19,22)/t12-/m1/s1. The van der Waals surface area contributed by atoms with Crippen LogP contribution in [-0.2, 0) is 10.0 Å². The zero-order valence-corrected chi connectivity index (χ0v) is 14.4. The predicted molar refractivity (Wildman–Crippen MR) is 89.0 cm³/mol. The molecule has 0 saturated carbocycles. The molecular weight excluding hydrogens is 375 g/mol. The number of carbonyl (C=O) groups excluding carboxylic acids is 1. The van der Waals surface area contributed by atoms with E-state index in [1.54, 1.807) is 0 Å². The maximum atomic E-state index is 12.3. The number of likely N-dealkylation sites (tertiary alicyclic amines) is 1. The molecule has 0 radical (unpaired) electrons. The zero-order valence-electron chi connectivity index (χ0n) is 13.6. The minimum absolute atomic E-state index is 0.175. The van der Waals surface area contributed by atoms with Crippen LogP contribution in [0.4, 0.5) is 23.7 Å². The van der Waals surface area contributed by atoms with Gasteiger partial charge in [0.1, 0.15) is 5.75 Å². The summed E-state index contributed by atoms with van der Waals surface area (Å²) in [5.41, 5.74) is 0.290. The summed E-state index contributed by atoms with van der Waals surface area (Å²) in [5, 5.41) is 3.35. The number of piperidine rings is 1. The van der Waals surface area contributed by atoms with Crippen LogP contribution in [0.25, 0.3) is 0 Å². The number of carbonyl (C=O) groups is 1. The third-order valence-corrected chi connectivity index (χ3v) is 4.70. The lowest BCUT2D eigenvalue weighted by Crippen LogP contribution is -2.50. The van der Waals surface area contributed by atoms with Crippen LogP contribution >= 0.6 is 0 Å². The highest BCUT2D eigenvalue weighted by Gasteiger charge is 2.31. The highest BCUT2D eigenvalue weighted by Crippen LogP contribution is 2.24. The number of alkyl halides is 3. The number of ether oxygens (including phenoxy) is 1. The van der Waals surface area contributed by atoms with Gasteiger partial charge in [0.25, 0.3) is 0 Å². The average molecular weight is 393 g/mol. The van der Waals surface area contributed by atoms with Gasteiger partial charge in [-0.3, -0.25) is 0 Å². The first-order valence-electron chi connectivity index (χ1n) is 7.64. The number of sulfonamides is 1. The first-order chi connectivity index (χ1) is 12.1. The van der Waals surface area contributed by atoms with Gasteiger partial charge in [0.15, 0.2) is 0 Å². The smallest absolute Gasteiger partial charge is 0.406 e. The van der Waals surface area contributed by atoms with Gasteiger partial charge in [-0.25, -0.2) is 17.9 Å². The van der Waals surface area contributed by atoms with E-state index in [2.05, 4.69) is 21.4 Å². The van der Waals surface area contributed by atoms with E-state index in [9.17, 15) is 26.4 Å². The molecule has 2 rings (SSSR count). The van der Waals surface area contributed by atoms with Crippen molar-refractivity contribution < 1.29 is 31.1 Å². The van der Waals surface area contributed by atoms with E-state index in [1.165, 1.54) is 17.0 Å². The van der Waals surface area contributed by atoms with E-state index in [1.807, 2.05) is 0 Å². The van der Waals surface area contributed by atoms with Crippen LogP contribution in [0.15, 0.2) is 36.3 Å². The van der Waals surface area contributed by atoms with Crippen molar-refractivity contribution in [2.24, 2.45) is 0 Å². The fraction of sp³-hybridized carbons (Fsp3) is 0.400. The van der Waals surface area contributed by atoms with E-state index < -0.39 is 34.2 Å². The van der Waals surface area contributed by atoms with Crippen molar-refractivity contribution >= 4 is 21.7 Å². The van der Waals surface area contributed by atoms with Gasteiger partial charge in [-0.1, -0.05) is 6.58 Å². The molecule has 1 aliphatic heterocycles. The normalized spacial score (nSPS) is 18.3. The summed E-state index contributed by atoms with van der Waals surface area (Å²) >= 11 is 0. The number of hydrogen-bond donors (Lipinski definition) is 2. The van der Waals surface area contributed by atoms with Crippen LogP contribution in [0.2, 0.25) is 0 Å². The van der Waals surface area contributed by atoms with Crippen LogP contribution in [0, 0.1) is 0 Å². The topological polar surface area (TPSA) is 87.7 Å². The molecule has 7 nitrogen and oxygen atoms in total. The van der Waals surface area contributed by atoms with Crippen LogP contribution in [-0.4, -0.2) is 44.8 Å². The van der Waals surface area contributed by atoms with E-state index >= 15 is 0 Å². The molecular formula is C15H18F3N3O4S. The molecule has 0 unspecified atom stereocenters. The Morgan fingerprint density at radius 3 is 2.54 bits per heavy atom. The number of rotatable bonds is 5. The largest absolute Gasteiger partial charge is 0.573 e. The minimum atomic E-state index is -4.79. The number of urea groups is 1. The molecule has 1 atom stereocenters. The molecule has 1 fully saturated rings. The second-order valence-corrected chi connectivity index (χ2v) is 7.28. The first-order valence-corrected chi connectivity index (χ1v) is 9.19. The van der Waals surface area contributed by atoms with Crippen molar-refractivity contribution in [1.29, 1.82) is 0 Å². The van der Waals surface area contributed by atoms with Gasteiger partial charge in [0.05, 0.1) is 0 Å². The molecule has 1 aliphatic rings. The van der Waals surface area contributed by atoms with Crippen molar-refractivity contribution in [1.82, 2.24) is 9.62 Å². The molecule has 2 N–H and O–H groups in total. The Morgan fingerprint density at radius 1 is 1.31 bits per heavy atom. The summed E-state index contributed by atoms with van der Waals surface area (Å²) in [5.74, 6) is -0.396. The monoisotopic (exact) mass is 393 g/mol. The van der Waals surface area contributed by atoms with Crippen LogP contribution in [0.1, 0.15) is 12.8 Å². The lowest BCUT2D eigenvalue weighted by Gasteiger charge is -2.32. The summed E-state index contributed by atoms with van der Waals surface area (Å²) in [6, 6.07) is 3.82.